The number of phenols is 1. The molecular weight excluding hydrogens is 250 g/mol. The van der Waals surface area contributed by atoms with Crippen LogP contribution in [0.1, 0.15) is 23.4 Å². The number of ether oxygens (including phenoxy) is 1. The summed E-state index contributed by atoms with van der Waals surface area (Å²) in [5.41, 5.74) is 0.786. The molecule has 1 heterocycles. The normalized spacial score (nSPS) is 10.2. The van der Waals surface area contributed by atoms with Crippen LogP contribution in [0.15, 0.2) is 28.8 Å². The van der Waals surface area contributed by atoms with Crippen LogP contribution in [0.3, 0.4) is 0 Å². The first-order valence-electron chi connectivity index (χ1n) is 5.71. The number of hydrogen-bond donors (Lipinski definition) is 2. The molecule has 0 amide bonds. The minimum atomic E-state index is -0.609. The van der Waals surface area contributed by atoms with Gasteiger partial charge in [-0.15, -0.1) is 0 Å². The summed E-state index contributed by atoms with van der Waals surface area (Å²) < 4.78 is 9.65. The zero-order valence-electron chi connectivity index (χ0n) is 10.3. The van der Waals surface area contributed by atoms with Gasteiger partial charge in [-0.3, -0.25) is 0 Å². The van der Waals surface area contributed by atoms with E-state index in [4.69, 9.17) is 14.4 Å². The van der Waals surface area contributed by atoms with E-state index < -0.39 is 5.97 Å². The number of nitrogens with zero attached hydrogens (tertiary/aromatic N) is 2. The third kappa shape index (κ3) is 3.44. The SMILES string of the molecule is CCOC(=O)c1noc(CNc2ccc(O)cc2)n1. The molecule has 2 aromatic rings. The third-order valence-electron chi connectivity index (χ3n) is 2.24. The molecule has 7 nitrogen and oxygen atoms in total. The van der Waals surface area contributed by atoms with Crippen LogP contribution in [-0.2, 0) is 11.3 Å². The van der Waals surface area contributed by atoms with Crippen LogP contribution in [0.25, 0.3) is 0 Å². The van der Waals surface area contributed by atoms with Crippen molar-refractivity contribution in [3.63, 3.8) is 0 Å². The minimum absolute atomic E-state index is 0.0932. The van der Waals surface area contributed by atoms with E-state index >= 15 is 0 Å². The van der Waals surface area contributed by atoms with Gasteiger partial charge in [0.2, 0.25) is 5.89 Å². The highest BCUT2D eigenvalue weighted by Crippen LogP contribution is 2.14. The Morgan fingerprint density at radius 2 is 2.16 bits per heavy atom. The van der Waals surface area contributed by atoms with Gasteiger partial charge in [0.05, 0.1) is 13.2 Å². The van der Waals surface area contributed by atoms with Gasteiger partial charge in [0.25, 0.3) is 5.82 Å². The Morgan fingerprint density at radius 3 is 2.84 bits per heavy atom. The van der Waals surface area contributed by atoms with E-state index in [1.54, 1.807) is 31.2 Å². The molecule has 0 saturated carbocycles. The van der Waals surface area contributed by atoms with Crippen LogP contribution in [0.5, 0.6) is 5.75 Å². The lowest BCUT2D eigenvalue weighted by atomic mass is 10.3. The van der Waals surface area contributed by atoms with Crippen molar-refractivity contribution < 1.29 is 19.2 Å². The largest absolute Gasteiger partial charge is 0.508 e. The highest BCUT2D eigenvalue weighted by molar-refractivity contribution is 5.84. The lowest BCUT2D eigenvalue weighted by Crippen LogP contribution is -2.07. The van der Waals surface area contributed by atoms with Crippen LogP contribution >= 0.6 is 0 Å². The van der Waals surface area contributed by atoms with Crippen molar-refractivity contribution in [1.29, 1.82) is 0 Å². The predicted molar refractivity (Wildman–Crippen MR) is 65.7 cm³/mol. The Kier molecular flexibility index (Phi) is 3.97. The van der Waals surface area contributed by atoms with Gasteiger partial charge < -0.3 is 19.7 Å². The van der Waals surface area contributed by atoms with Crippen LogP contribution in [-0.4, -0.2) is 27.8 Å². The molecule has 0 aliphatic carbocycles. The number of anilines is 1. The van der Waals surface area contributed by atoms with Gasteiger partial charge in [0.1, 0.15) is 5.75 Å². The van der Waals surface area contributed by atoms with Gasteiger partial charge in [0.15, 0.2) is 0 Å². The summed E-state index contributed by atoms with van der Waals surface area (Å²) in [5, 5.41) is 15.7. The van der Waals surface area contributed by atoms with Crippen molar-refractivity contribution in [2.24, 2.45) is 0 Å². The number of benzene rings is 1. The minimum Gasteiger partial charge on any atom is -0.508 e. The second-order valence-corrected chi connectivity index (χ2v) is 3.63. The van der Waals surface area contributed by atoms with Gasteiger partial charge in [-0.1, -0.05) is 0 Å². The Labute approximate surface area is 109 Å². The maximum atomic E-state index is 11.3. The highest BCUT2D eigenvalue weighted by atomic mass is 16.5. The molecule has 7 heteroatoms. The third-order valence-corrected chi connectivity index (χ3v) is 2.24. The number of aromatic hydroxyl groups is 1. The number of carbonyl (C=O) groups is 1. The number of carbonyl (C=O) groups excluding carboxylic acids is 1. The zero-order chi connectivity index (χ0) is 13.7. The summed E-state index contributed by atoms with van der Waals surface area (Å²) in [4.78, 5) is 15.2. The van der Waals surface area contributed by atoms with E-state index in [2.05, 4.69) is 15.5 Å². The molecule has 100 valence electrons. The van der Waals surface area contributed by atoms with Crippen molar-refractivity contribution in [1.82, 2.24) is 10.1 Å². The number of rotatable bonds is 5. The molecule has 0 radical (unpaired) electrons. The molecule has 0 spiro atoms. The first kappa shape index (κ1) is 12.9. The summed E-state index contributed by atoms with van der Waals surface area (Å²) in [7, 11) is 0. The molecule has 2 rings (SSSR count). The first-order chi connectivity index (χ1) is 9.19. The molecule has 0 aliphatic heterocycles. The Morgan fingerprint density at radius 1 is 1.42 bits per heavy atom. The van der Waals surface area contributed by atoms with Gasteiger partial charge >= 0.3 is 5.97 Å². The Hall–Kier alpha value is -2.57. The van der Waals surface area contributed by atoms with E-state index in [9.17, 15) is 4.79 Å². The molecule has 1 aromatic heterocycles. The van der Waals surface area contributed by atoms with Crippen LogP contribution in [0.2, 0.25) is 0 Å². The molecule has 19 heavy (non-hydrogen) atoms. The Bertz CT molecular complexity index is 550. The first-order valence-corrected chi connectivity index (χ1v) is 5.71. The lowest BCUT2D eigenvalue weighted by molar-refractivity contribution is 0.0508. The van der Waals surface area contributed by atoms with Crippen molar-refractivity contribution in [2.75, 3.05) is 11.9 Å². The molecular formula is C12H13N3O4. The molecule has 0 fully saturated rings. The van der Waals surface area contributed by atoms with E-state index in [-0.39, 0.29) is 30.6 Å². The summed E-state index contributed by atoms with van der Waals surface area (Å²) in [6.45, 7) is 2.23. The standard InChI is InChI=1S/C12H13N3O4/c1-2-18-12(17)11-14-10(19-15-11)7-13-8-3-5-9(16)6-4-8/h3-6,13,16H,2,7H2,1H3. The number of hydrogen-bond acceptors (Lipinski definition) is 7. The quantitative estimate of drug-likeness (QED) is 0.624. The van der Waals surface area contributed by atoms with Crippen LogP contribution in [0.4, 0.5) is 5.69 Å². The topological polar surface area (TPSA) is 97.5 Å². The van der Waals surface area contributed by atoms with E-state index in [1.165, 1.54) is 0 Å². The second kappa shape index (κ2) is 5.85. The fraction of sp³-hybridized carbons (Fsp3) is 0.250. The van der Waals surface area contributed by atoms with Crippen LogP contribution < -0.4 is 5.32 Å². The summed E-state index contributed by atoms with van der Waals surface area (Å²) in [5.74, 6) is -0.240. The van der Waals surface area contributed by atoms with Gasteiger partial charge in [-0.25, -0.2) is 4.79 Å². The van der Waals surface area contributed by atoms with Crippen molar-refractivity contribution in [3.8, 4) is 5.75 Å². The fourth-order valence-corrected chi connectivity index (χ4v) is 1.36. The maximum absolute atomic E-state index is 11.3. The van der Waals surface area contributed by atoms with Gasteiger partial charge in [-0.2, -0.15) is 4.98 Å². The number of phenolic OH excluding ortho intramolecular Hbond substituents is 1. The number of aromatic nitrogens is 2. The molecule has 0 atom stereocenters. The lowest BCUT2D eigenvalue weighted by Gasteiger charge is -2.02. The van der Waals surface area contributed by atoms with Gasteiger partial charge in [0, 0.05) is 5.69 Å². The van der Waals surface area contributed by atoms with Crippen molar-refractivity contribution in [3.05, 3.63) is 36.0 Å². The van der Waals surface area contributed by atoms with E-state index in [0.717, 1.165) is 5.69 Å². The zero-order valence-corrected chi connectivity index (χ0v) is 10.3. The molecule has 2 N–H and O–H groups in total. The average molecular weight is 263 g/mol. The van der Waals surface area contributed by atoms with Crippen molar-refractivity contribution >= 4 is 11.7 Å². The van der Waals surface area contributed by atoms with E-state index in [0.29, 0.717) is 0 Å². The predicted octanol–water partition coefficient (Wildman–Crippen LogP) is 1.56. The molecule has 0 bridgehead atoms. The molecule has 0 unspecified atom stereocenters. The average Bonchev–Trinajstić information content (AvgIpc) is 2.87. The molecule has 0 saturated heterocycles. The van der Waals surface area contributed by atoms with Gasteiger partial charge in [-0.05, 0) is 36.3 Å². The maximum Gasteiger partial charge on any atom is 0.379 e. The highest BCUT2D eigenvalue weighted by Gasteiger charge is 2.15. The summed E-state index contributed by atoms with van der Waals surface area (Å²) >= 11 is 0. The van der Waals surface area contributed by atoms with E-state index in [1.807, 2.05) is 0 Å². The van der Waals surface area contributed by atoms with Crippen LogP contribution in [0, 0.1) is 0 Å². The second-order valence-electron chi connectivity index (χ2n) is 3.63. The monoisotopic (exact) mass is 263 g/mol. The Balaban J connectivity index is 1.93. The summed E-state index contributed by atoms with van der Waals surface area (Å²) in [6, 6.07) is 6.52. The fourth-order valence-electron chi connectivity index (χ4n) is 1.36. The smallest absolute Gasteiger partial charge is 0.379 e. The van der Waals surface area contributed by atoms with Crippen molar-refractivity contribution in [2.45, 2.75) is 13.5 Å². The number of nitrogens with one attached hydrogen (secondary N) is 1. The number of esters is 1. The molecule has 0 aliphatic rings. The molecule has 1 aromatic carbocycles. The summed E-state index contributed by atoms with van der Waals surface area (Å²) in [6.07, 6.45) is 0.